The summed E-state index contributed by atoms with van der Waals surface area (Å²) in [7, 11) is 0. The van der Waals surface area contributed by atoms with Gasteiger partial charge in [-0.25, -0.2) is 0 Å². The fourth-order valence-corrected chi connectivity index (χ4v) is 1.19. The van der Waals surface area contributed by atoms with Crippen molar-refractivity contribution in [2.24, 2.45) is 5.73 Å². The van der Waals surface area contributed by atoms with Gasteiger partial charge in [-0.1, -0.05) is 30.3 Å². The normalized spacial score (nSPS) is 11.6. The molecule has 0 fully saturated rings. The van der Waals surface area contributed by atoms with Crippen LogP contribution in [0.25, 0.3) is 0 Å². The standard InChI is InChI=1S/C11H15NO3.ClH/c12-10(6-11(13)14)8-15-7-9-4-2-1-3-5-9;/h1-5,10H,6-8,12H2,(H,13,14);1H/t10-;/m0./s1. The van der Waals surface area contributed by atoms with Crippen LogP contribution < -0.4 is 5.73 Å². The third-order valence-corrected chi connectivity index (χ3v) is 1.88. The Labute approximate surface area is 101 Å². The van der Waals surface area contributed by atoms with Gasteiger partial charge in [-0.3, -0.25) is 4.79 Å². The van der Waals surface area contributed by atoms with Crippen LogP contribution in [0.2, 0.25) is 0 Å². The number of ether oxygens (including phenoxy) is 1. The van der Waals surface area contributed by atoms with E-state index in [1.54, 1.807) is 0 Å². The Morgan fingerprint density at radius 1 is 1.38 bits per heavy atom. The number of carbonyl (C=O) groups is 1. The van der Waals surface area contributed by atoms with Crippen molar-refractivity contribution in [2.45, 2.75) is 19.1 Å². The molecule has 4 nitrogen and oxygen atoms in total. The molecular formula is C11H16ClNO3. The summed E-state index contributed by atoms with van der Waals surface area (Å²) in [4.78, 5) is 10.3. The maximum absolute atomic E-state index is 10.3. The Balaban J connectivity index is 0.00000225. The van der Waals surface area contributed by atoms with Crippen molar-refractivity contribution in [2.75, 3.05) is 6.61 Å². The molecule has 1 rings (SSSR count). The summed E-state index contributed by atoms with van der Waals surface area (Å²) in [6.07, 6.45) is -0.0607. The molecule has 0 spiro atoms. The molecule has 0 unspecified atom stereocenters. The van der Waals surface area contributed by atoms with Gasteiger partial charge in [0.05, 0.1) is 19.6 Å². The largest absolute Gasteiger partial charge is 0.481 e. The highest BCUT2D eigenvalue weighted by Crippen LogP contribution is 2.01. The van der Waals surface area contributed by atoms with Crippen molar-refractivity contribution in [1.29, 1.82) is 0 Å². The van der Waals surface area contributed by atoms with Crippen LogP contribution in [0, 0.1) is 0 Å². The molecule has 3 N–H and O–H groups in total. The number of carboxylic acids is 1. The van der Waals surface area contributed by atoms with Crippen LogP contribution in [0.1, 0.15) is 12.0 Å². The van der Waals surface area contributed by atoms with E-state index >= 15 is 0 Å². The van der Waals surface area contributed by atoms with Gasteiger partial charge >= 0.3 is 5.97 Å². The quantitative estimate of drug-likeness (QED) is 0.795. The predicted octanol–water partition coefficient (Wildman–Crippen LogP) is 1.43. The van der Waals surface area contributed by atoms with Gasteiger partial charge < -0.3 is 15.6 Å². The number of nitrogens with two attached hydrogens (primary N) is 1. The van der Waals surface area contributed by atoms with Gasteiger partial charge in [-0.15, -0.1) is 12.4 Å². The number of benzene rings is 1. The molecule has 16 heavy (non-hydrogen) atoms. The Kier molecular flexibility index (Phi) is 7.54. The lowest BCUT2D eigenvalue weighted by molar-refractivity contribution is -0.137. The van der Waals surface area contributed by atoms with E-state index in [4.69, 9.17) is 15.6 Å². The fraction of sp³-hybridized carbons (Fsp3) is 0.364. The van der Waals surface area contributed by atoms with Crippen LogP contribution in [0.15, 0.2) is 30.3 Å². The average molecular weight is 246 g/mol. The van der Waals surface area contributed by atoms with Crippen LogP contribution in [-0.4, -0.2) is 23.7 Å². The second-order valence-corrected chi connectivity index (χ2v) is 3.36. The number of hydrogen-bond acceptors (Lipinski definition) is 3. The van der Waals surface area contributed by atoms with E-state index in [0.717, 1.165) is 5.56 Å². The molecule has 0 heterocycles. The maximum atomic E-state index is 10.3. The first kappa shape index (κ1) is 14.9. The molecule has 0 radical (unpaired) electrons. The highest BCUT2D eigenvalue weighted by atomic mass is 35.5. The zero-order valence-corrected chi connectivity index (χ0v) is 9.65. The molecule has 0 aliphatic heterocycles. The molecule has 0 bridgehead atoms. The van der Waals surface area contributed by atoms with Crippen molar-refractivity contribution in [3.8, 4) is 0 Å². The fourth-order valence-electron chi connectivity index (χ4n) is 1.19. The van der Waals surface area contributed by atoms with E-state index in [9.17, 15) is 4.79 Å². The average Bonchev–Trinajstić information content (AvgIpc) is 2.18. The van der Waals surface area contributed by atoms with E-state index in [1.165, 1.54) is 0 Å². The number of halogens is 1. The van der Waals surface area contributed by atoms with Crippen LogP contribution in [0.4, 0.5) is 0 Å². The smallest absolute Gasteiger partial charge is 0.305 e. The second-order valence-electron chi connectivity index (χ2n) is 3.36. The van der Waals surface area contributed by atoms with Crippen molar-refractivity contribution in [1.82, 2.24) is 0 Å². The SMILES string of the molecule is Cl.N[C@H](COCc1ccccc1)CC(=O)O. The second kappa shape index (κ2) is 8.10. The molecule has 1 atom stereocenters. The Morgan fingerprint density at radius 2 is 2.00 bits per heavy atom. The lowest BCUT2D eigenvalue weighted by Crippen LogP contribution is -2.28. The first-order valence-electron chi connectivity index (χ1n) is 4.77. The first-order valence-corrected chi connectivity index (χ1v) is 4.77. The van der Waals surface area contributed by atoms with E-state index in [-0.39, 0.29) is 25.4 Å². The summed E-state index contributed by atoms with van der Waals surface area (Å²) >= 11 is 0. The molecule has 0 aromatic heterocycles. The highest BCUT2D eigenvalue weighted by molar-refractivity contribution is 5.85. The molecular weight excluding hydrogens is 230 g/mol. The third kappa shape index (κ3) is 6.40. The summed E-state index contributed by atoms with van der Waals surface area (Å²) in [5, 5.41) is 8.46. The summed E-state index contributed by atoms with van der Waals surface area (Å²) in [6.45, 7) is 0.732. The van der Waals surface area contributed by atoms with Gasteiger partial charge in [0.15, 0.2) is 0 Å². The van der Waals surface area contributed by atoms with Gasteiger partial charge in [-0.05, 0) is 5.56 Å². The number of rotatable bonds is 6. The van der Waals surface area contributed by atoms with Gasteiger partial charge in [0, 0.05) is 6.04 Å². The summed E-state index contributed by atoms with van der Waals surface area (Å²) in [6, 6.07) is 9.24. The summed E-state index contributed by atoms with van der Waals surface area (Å²) < 4.78 is 5.29. The molecule has 0 amide bonds. The molecule has 1 aromatic carbocycles. The zero-order chi connectivity index (χ0) is 11.1. The van der Waals surface area contributed by atoms with E-state index < -0.39 is 12.0 Å². The van der Waals surface area contributed by atoms with Crippen molar-refractivity contribution < 1.29 is 14.6 Å². The monoisotopic (exact) mass is 245 g/mol. The Bertz CT molecular complexity index is 305. The van der Waals surface area contributed by atoms with Gasteiger partial charge in [0.1, 0.15) is 0 Å². The van der Waals surface area contributed by atoms with E-state index in [2.05, 4.69) is 0 Å². The zero-order valence-electron chi connectivity index (χ0n) is 8.83. The van der Waals surface area contributed by atoms with Crippen LogP contribution in [0.3, 0.4) is 0 Å². The molecule has 0 saturated heterocycles. The molecule has 5 heteroatoms. The lowest BCUT2D eigenvalue weighted by Gasteiger charge is -2.09. The summed E-state index contributed by atoms with van der Waals surface area (Å²) in [5.41, 5.74) is 6.59. The van der Waals surface area contributed by atoms with E-state index in [1.807, 2.05) is 30.3 Å². The molecule has 0 aliphatic carbocycles. The van der Waals surface area contributed by atoms with Gasteiger partial charge in [0.25, 0.3) is 0 Å². The predicted molar refractivity (Wildman–Crippen MR) is 63.6 cm³/mol. The molecule has 90 valence electrons. The van der Waals surface area contributed by atoms with Crippen molar-refractivity contribution in [3.63, 3.8) is 0 Å². The molecule has 1 aromatic rings. The van der Waals surface area contributed by atoms with Crippen molar-refractivity contribution >= 4 is 18.4 Å². The topological polar surface area (TPSA) is 72.5 Å². The maximum Gasteiger partial charge on any atom is 0.305 e. The summed E-state index contributed by atoms with van der Waals surface area (Å²) in [5.74, 6) is -0.897. The third-order valence-electron chi connectivity index (χ3n) is 1.88. The number of hydrogen-bond donors (Lipinski definition) is 2. The minimum absolute atomic E-state index is 0. The van der Waals surface area contributed by atoms with Gasteiger partial charge in [0.2, 0.25) is 0 Å². The number of aliphatic carboxylic acids is 1. The van der Waals surface area contributed by atoms with Crippen LogP contribution in [0.5, 0.6) is 0 Å². The van der Waals surface area contributed by atoms with Gasteiger partial charge in [-0.2, -0.15) is 0 Å². The minimum Gasteiger partial charge on any atom is -0.481 e. The minimum atomic E-state index is -0.897. The van der Waals surface area contributed by atoms with Crippen molar-refractivity contribution in [3.05, 3.63) is 35.9 Å². The number of carboxylic acid groups (broad SMARTS) is 1. The molecule has 0 saturated carbocycles. The van der Waals surface area contributed by atoms with E-state index in [0.29, 0.717) is 6.61 Å². The first-order chi connectivity index (χ1) is 7.18. The Hall–Kier alpha value is -1.10. The van der Waals surface area contributed by atoms with Crippen LogP contribution >= 0.6 is 12.4 Å². The molecule has 0 aliphatic rings. The Morgan fingerprint density at radius 3 is 2.56 bits per heavy atom. The highest BCUT2D eigenvalue weighted by Gasteiger charge is 2.07. The lowest BCUT2D eigenvalue weighted by atomic mass is 10.2. The van der Waals surface area contributed by atoms with Crippen LogP contribution in [-0.2, 0) is 16.1 Å².